The maximum Gasteiger partial charge on any atom is 0.204 e. The quantitative estimate of drug-likeness (QED) is 0.670. The summed E-state index contributed by atoms with van der Waals surface area (Å²) in [7, 11) is 3.13. The molecule has 2 aromatic carbocycles. The number of aryl methyl sites for hydroxylation is 1. The summed E-state index contributed by atoms with van der Waals surface area (Å²) < 4.78 is 16.4. The Labute approximate surface area is 115 Å². The van der Waals surface area contributed by atoms with Crippen molar-refractivity contribution in [1.82, 2.24) is 0 Å². The molecule has 0 aliphatic carbocycles. The van der Waals surface area contributed by atoms with E-state index in [9.17, 15) is 4.79 Å². The highest BCUT2D eigenvalue weighted by atomic mass is 16.5. The summed E-state index contributed by atoms with van der Waals surface area (Å²) in [6, 6.07) is 8.80. The average molecular weight is 270 g/mol. The van der Waals surface area contributed by atoms with Crippen molar-refractivity contribution in [3.63, 3.8) is 0 Å². The smallest absolute Gasteiger partial charge is 0.204 e. The summed E-state index contributed by atoms with van der Waals surface area (Å²) in [6.45, 7) is 1.87. The minimum atomic E-state index is -0.0931. The van der Waals surface area contributed by atoms with Crippen LogP contribution in [0.25, 0.3) is 21.9 Å². The van der Waals surface area contributed by atoms with Crippen LogP contribution in [0.15, 0.2) is 39.5 Å². The van der Waals surface area contributed by atoms with E-state index >= 15 is 0 Å². The molecule has 0 atom stereocenters. The summed E-state index contributed by atoms with van der Waals surface area (Å²) in [4.78, 5) is 12.6. The van der Waals surface area contributed by atoms with Crippen LogP contribution < -0.4 is 14.9 Å². The first kappa shape index (κ1) is 12.5. The van der Waals surface area contributed by atoms with Gasteiger partial charge in [-0.25, -0.2) is 0 Å². The predicted molar refractivity (Wildman–Crippen MR) is 77.8 cm³/mol. The van der Waals surface area contributed by atoms with Crippen molar-refractivity contribution in [2.75, 3.05) is 14.2 Å². The Morgan fingerprint density at radius 3 is 2.45 bits per heavy atom. The molecule has 0 aliphatic rings. The van der Waals surface area contributed by atoms with Gasteiger partial charge in [-0.15, -0.1) is 0 Å². The van der Waals surface area contributed by atoms with Gasteiger partial charge >= 0.3 is 0 Å². The Morgan fingerprint density at radius 1 is 1.00 bits per heavy atom. The van der Waals surface area contributed by atoms with Crippen molar-refractivity contribution in [2.24, 2.45) is 0 Å². The Bertz CT molecular complexity index is 862. The van der Waals surface area contributed by atoms with E-state index in [1.807, 2.05) is 6.92 Å². The van der Waals surface area contributed by atoms with Gasteiger partial charge in [0, 0.05) is 5.56 Å². The molecular formula is C16H14O4. The molecular weight excluding hydrogens is 256 g/mol. The lowest BCUT2D eigenvalue weighted by atomic mass is 10.1. The SMILES string of the molecule is COc1ccc2c(=O)c3c(OC)cccc3oc2c1C. The molecule has 0 saturated heterocycles. The maximum absolute atomic E-state index is 12.6. The average Bonchev–Trinajstić information content (AvgIpc) is 2.48. The van der Waals surface area contributed by atoms with E-state index in [2.05, 4.69) is 0 Å². The molecule has 1 heterocycles. The zero-order valence-corrected chi connectivity index (χ0v) is 11.5. The molecule has 0 fully saturated rings. The summed E-state index contributed by atoms with van der Waals surface area (Å²) in [5.74, 6) is 1.22. The molecule has 0 aliphatic heterocycles. The van der Waals surface area contributed by atoms with Gasteiger partial charge in [-0.2, -0.15) is 0 Å². The molecule has 3 rings (SSSR count). The monoisotopic (exact) mass is 270 g/mol. The lowest BCUT2D eigenvalue weighted by Gasteiger charge is -2.09. The lowest BCUT2D eigenvalue weighted by molar-refractivity contribution is 0.411. The minimum absolute atomic E-state index is 0.0931. The molecule has 1 aromatic heterocycles. The van der Waals surface area contributed by atoms with Crippen LogP contribution in [0.1, 0.15) is 5.56 Å². The van der Waals surface area contributed by atoms with Crippen LogP contribution in [-0.4, -0.2) is 14.2 Å². The third-order valence-electron chi connectivity index (χ3n) is 3.47. The van der Waals surface area contributed by atoms with Crippen molar-refractivity contribution in [3.8, 4) is 11.5 Å². The molecule has 0 saturated carbocycles. The van der Waals surface area contributed by atoms with Gasteiger partial charge in [0.15, 0.2) is 0 Å². The Morgan fingerprint density at radius 2 is 1.75 bits per heavy atom. The molecule has 20 heavy (non-hydrogen) atoms. The fraction of sp³-hybridized carbons (Fsp3) is 0.188. The number of ether oxygens (including phenoxy) is 2. The molecule has 3 aromatic rings. The Kier molecular flexibility index (Phi) is 2.86. The standard InChI is InChI=1S/C16H14O4/c1-9-11(18-2)8-7-10-15(17)14-12(19-3)5-4-6-13(14)20-16(9)10/h4-8H,1-3H3. The van der Waals surface area contributed by atoms with Crippen molar-refractivity contribution < 1.29 is 13.9 Å². The first-order valence-electron chi connectivity index (χ1n) is 6.24. The van der Waals surface area contributed by atoms with Gasteiger partial charge in [-0.3, -0.25) is 4.79 Å². The Balaban J connectivity index is 2.54. The number of hydrogen-bond donors (Lipinski definition) is 0. The first-order valence-corrected chi connectivity index (χ1v) is 6.24. The van der Waals surface area contributed by atoms with Crippen molar-refractivity contribution in [3.05, 3.63) is 46.1 Å². The summed E-state index contributed by atoms with van der Waals surface area (Å²) in [5, 5.41) is 0.993. The van der Waals surface area contributed by atoms with E-state index in [4.69, 9.17) is 13.9 Å². The van der Waals surface area contributed by atoms with Crippen LogP contribution in [0, 0.1) is 6.92 Å². The molecule has 0 N–H and O–H groups in total. The molecule has 0 unspecified atom stereocenters. The number of hydrogen-bond acceptors (Lipinski definition) is 4. The van der Waals surface area contributed by atoms with E-state index < -0.39 is 0 Å². The summed E-state index contributed by atoms with van der Waals surface area (Å²) in [6.07, 6.45) is 0. The van der Waals surface area contributed by atoms with Gasteiger partial charge in [0.1, 0.15) is 28.1 Å². The van der Waals surface area contributed by atoms with Crippen molar-refractivity contribution in [2.45, 2.75) is 6.92 Å². The maximum atomic E-state index is 12.6. The number of fused-ring (bicyclic) bond motifs is 2. The highest BCUT2D eigenvalue weighted by Crippen LogP contribution is 2.30. The fourth-order valence-electron chi connectivity index (χ4n) is 2.44. The van der Waals surface area contributed by atoms with Crippen LogP contribution in [0.2, 0.25) is 0 Å². The lowest BCUT2D eigenvalue weighted by Crippen LogP contribution is -2.05. The minimum Gasteiger partial charge on any atom is -0.496 e. The molecule has 0 amide bonds. The zero-order chi connectivity index (χ0) is 14.3. The topological polar surface area (TPSA) is 48.7 Å². The van der Waals surface area contributed by atoms with Gasteiger partial charge in [-0.1, -0.05) is 6.07 Å². The molecule has 102 valence electrons. The molecule has 0 spiro atoms. The van der Waals surface area contributed by atoms with Crippen molar-refractivity contribution in [1.29, 1.82) is 0 Å². The Hall–Kier alpha value is -2.49. The van der Waals surface area contributed by atoms with E-state index in [1.54, 1.807) is 37.4 Å². The van der Waals surface area contributed by atoms with E-state index in [0.29, 0.717) is 33.4 Å². The molecule has 0 bridgehead atoms. The van der Waals surface area contributed by atoms with E-state index in [1.165, 1.54) is 7.11 Å². The van der Waals surface area contributed by atoms with Crippen LogP contribution >= 0.6 is 0 Å². The van der Waals surface area contributed by atoms with Crippen LogP contribution in [-0.2, 0) is 0 Å². The van der Waals surface area contributed by atoms with Crippen molar-refractivity contribution >= 4 is 21.9 Å². The second kappa shape index (κ2) is 4.56. The third kappa shape index (κ3) is 1.65. The largest absolute Gasteiger partial charge is 0.496 e. The van der Waals surface area contributed by atoms with Gasteiger partial charge in [-0.05, 0) is 31.2 Å². The highest BCUT2D eigenvalue weighted by molar-refractivity contribution is 5.94. The van der Waals surface area contributed by atoms with E-state index in [-0.39, 0.29) is 5.43 Å². The predicted octanol–water partition coefficient (Wildman–Crippen LogP) is 3.27. The first-order chi connectivity index (χ1) is 9.67. The van der Waals surface area contributed by atoms with Gasteiger partial charge in [0.2, 0.25) is 5.43 Å². The number of rotatable bonds is 2. The third-order valence-corrected chi connectivity index (χ3v) is 3.47. The highest BCUT2D eigenvalue weighted by Gasteiger charge is 2.15. The number of benzene rings is 2. The van der Waals surface area contributed by atoms with Gasteiger partial charge in [0.25, 0.3) is 0 Å². The van der Waals surface area contributed by atoms with Crippen LogP contribution in [0.4, 0.5) is 0 Å². The van der Waals surface area contributed by atoms with Gasteiger partial charge in [0.05, 0.1) is 19.6 Å². The molecule has 4 nitrogen and oxygen atoms in total. The number of methoxy groups -OCH3 is 2. The second-order valence-electron chi connectivity index (χ2n) is 4.53. The van der Waals surface area contributed by atoms with Crippen LogP contribution in [0.3, 0.4) is 0 Å². The van der Waals surface area contributed by atoms with E-state index in [0.717, 1.165) is 5.56 Å². The summed E-state index contributed by atoms with van der Waals surface area (Å²) in [5.41, 5.74) is 1.78. The normalized spacial score (nSPS) is 10.9. The van der Waals surface area contributed by atoms with Crippen LogP contribution in [0.5, 0.6) is 11.5 Å². The molecule has 4 heteroatoms. The van der Waals surface area contributed by atoms with Gasteiger partial charge < -0.3 is 13.9 Å². The fourth-order valence-corrected chi connectivity index (χ4v) is 2.44. The zero-order valence-electron chi connectivity index (χ0n) is 11.5. The second-order valence-corrected chi connectivity index (χ2v) is 4.53. The molecule has 0 radical (unpaired) electrons. The summed E-state index contributed by atoms with van der Waals surface area (Å²) >= 11 is 0.